The van der Waals surface area contributed by atoms with Crippen LogP contribution in [0.25, 0.3) is 0 Å². The van der Waals surface area contributed by atoms with Crippen LogP contribution in [0.5, 0.6) is 11.5 Å². The van der Waals surface area contributed by atoms with Gasteiger partial charge in [-0.2, -0.15) is 16.9 Å². The number of hydrogen-bond donors (Lipinski definition) is 1. The summed E-state index contributed by atoms with van der Waals surface area (Å²) in [5.74, 6) is 3.31. The summed E-state index contributed by atoms with van der Waals surface area (Å²) in [6.45, 7) is -0.0759. The van der Waals surface area contributed by atoms with Crippen LogP contribution in [0, 0.1) is 0 Å². The summed E-state index contributed by atoms with van der Waals surface area (Å²) in [5, 5.41) is 3.92. The van der Waals surface area contributed by atoms with Crippen molar-refractivity contribution < 1.29 is 14.3 Å². The van der Waals surface area contributed by atoms with Gasteiger partial charge < -0.3 is 9.47 Å². The Hall–Kier alpha value is -2.47. The van der Waals surface area contributed by atoms with Crippen LogP contribution in [-0.2, 0) is 4.79 Å². The van der Waals surface area contributed by atoms with Crippen LogP contribution >= 0.6 is 11.8 Å². The lowest BCUT2D eigenvalue weighted by Gasteiger charge is -2.25. The minimum Gasteiger partial charge on any atom is -0.489 e. The third kappa shape index (κ3) is 5.03. The summed E-state index contributed by atoms with van der Waals surface area (Å²) < 4.78 is 11.1. The topological polar surface area (TPSA) is 59.9 Å². The Bertz CT molecular complexity index is 685. The molecule has 0 atom stereocenters. The highest BCUT2D eigenvalue weighted by Crippen LogP contribution is 2.23. The number of carbonyl (C=O) groups excluding carboxylic acids is 1. The van der Waals surface area contributed by atoms with Gasteiger partial charge in [0.2, 0.25) is 0 Å². The Morgan fingerprint density at radius 2 is 1.88 bits per heavy atom. The number of ether oxygens (including phenoxy) is 2. The van der Waals surface area contributed by atoms with Crippen LogP contribution in [0.15, 0.2) is 59.7 Å². The number of rotatable bonds is 7. The van der Waals surface area contributed by atoms with E-state index in [1.165, 1.54) is 0 Å². The molecule has 2 aromatic rings. The Labute approximate surface area is 145 Å². The van der Waals surface area contributed by atoms with Gasteiger partial charge in [-0.3, -0.25) is 4.79 Å². The van der Waals surface area contributed by atoms with E-state index in [4.69, 9.17) is 9.47 Å². The van der Waals surface area contributed by atoms with Crippen LogP contribution in [0.1, 0.15) is 5.56 Å². The van der Waals surface area contributed by atoms with Crippen molar-refractivity contribution in [3.8, 4) is 11.5 Å². The third-order valence-electron chi connectivity index (χ3n) is 3.31. The summed E-state index contributed by atoms with van der Waals surface area (Å²) in [5.41, 5.74) is 3.32. The predicted octanol–water partition coefficient (Wildman–Crippen LogP) is 2.71. The minimum absolute atomic E-state index is 0.0759. The summed E-state index contributed by atoms with van der Waals surface area (Å²) in [6.07, 6.45) is 1.92. The quantitative estimate of drug-likeness (QED) is 0.621. The van der Waals surface area contributed by atoms with Crippen molar-refractivity contribution in [2.75, 3.05) is 18.1 Å². The third-order valence-corrected chi connectivity index (χ3v) is 4.52. The average Bonchev–Trinajstić information content (AvgIpc) is 2.58. The van der Waals surface area contributed by atoms with Crippen molar-refractivity contribution in [3.05, 3.63) is 60.2 Å². The molecule has 1 aliphatic heterocycles. The van der Waals surface area contributed by atoms with Crippen molar-refractivity contribution in [3.63, 3.8) is 0 Å². The number of para-hydroxylation sites is 1. The molecule has 0 unspecified atom stereocenters. The van der Waals surface area contributed by atoms with Gasteiger partial charge in [-0.25, -0.2) is 5.43 Å². The standard InChI is InChI=1S/C18H18N2O3S/c21-18(11-22-15-4-2-1-3-5-15)20-19-10-14-6-8-16(9-7-14)23-17-12-24-13-17/h1-10,17H,11-13H2,(H,20,21)/b19-10-. The Balaban J connectivity index is 1.41. The summed E-state index contributed by atoms with van der Waals surface area (Å²) in [4.78, 5) is 11.6. The van der Waals surface area contributed by atoms with Crippen molar-refractivity contribution >= 4 is 23.9 Å². The first kappa shape index (κ1) is 16.4. The van der Waals surface area contributed by atoms with E-state index in [0.29, 0.717) is 11.9 Å². The van der Waals surface area contributed by atoms with Crippen LogP contribution in [0.2, 0.25) is 0 Å². The van der Waals surface area contributed by atoms with E-state index in [1.807, 2.05) is 54.2 Å². The van der Waals surface area contributed by atoms with E-state index < -0.39 is 0 Å². The molecule has 24 heavy (non-hydrogen) atoms. The molecule has 0 spiro atoms. The molecule has 0 aromatic heterocycles. The van der Waals surface area contributed by atoms with Crippen LogP contribution in [0.3, 0.4) is 0 Å². The van der Waals surface area contributed by atoms with E-state index in [2.05, 4.69) is 10.5 Å². The first-order chi connectivity index (χ1) is 11.8. The molecule has 1 fully saturated rings. The van der Waals surface area contributed by atoms with Gasteiger partial charge in [0.15, 0.2) is 6.61 Å². The average molecular weight is 342 g/mol. The monoisotopic (exact) mass is 342 g/mol. The van der Waals surface area contributed by atoms with Gasteiger partial charge in [-0.1, -0.05) is 18.2 Å². The minimum atomic E-state index is -0.308. The Kier molecular flexibility index (Phi) is 5.74. The molecule has 5 nitrogen and oxygen atoms in total. The lowest BCUT2D eigenvalue weighted by Crippen LogP contribution is -2.30. The lowest BCUT2D eigenvalue weighted by atomic mass is 10.2. The van der Waals surface area contributed by atoms with Crippen molar-refractivity contribution in [2.45, 2.75) is 6.10 Å². The molecule has 1 aliphatic rings. The first-order valence-corrected chi connectivity index (χ1v) is 8.79. The van der Waals surface area contributed by atoms with Gasteiger partial charge in [0.25, 0.3) is 5.91 Å². The predicted molar refractivity (Wildman–Crippen MR) is 95.9 cm³/mol. The van der Waals surface area contributed by atoms with E-state index >= 15 is 0 Å². The number of thioether (sulfide) groups is 1. The maximum atomic E-state index is 11.6. The van der Waals surface area contributed by atoms with E-state index in [-0.39, 0.29) is 12.5 Å². The van der Waals surface area contributed by atoms with Gasteiger partial charge in [0.05, 0.1) is 6.21 Å². The maximum absolute atomic E-state index is 11.6. The zero-order valence-corrected chi connectivity index (χ0v) is 13.9. The fourth-order valence-electron chi connectivity index (χ4n) is 1.98. The van der Waals surface area contributed by atoms with Crippen molar-refractivity contribution in [1.29, 1.82) is 0 Å². The van der Waals surface area contributed by atoms with E-state index in [1.54, 1.807) is 18.3 Å². The molecule has 1 heterocycles. The number of benzene rings is 2. The molecule has 0 radical (unpaired) electrons. The largest absolute Gasteiger partial charge is 0.489 e. The highest BCUT2D eigenvalue weighted by molar-refractivity contribution is 8.00. The normalized spacial score (nSPS) is 14.2. The second-order valence-corrected chi connectivity index (χ2v) is 6.32. The lowest BCUT2D eigenvalue weighted by molar-refractivity contribution is -0.123. The van der Waals surface area contributed by atoms with Gasteiger partial charge in [0.1, 0.15) is 17.6 Å². The van der Waals surface area contributed by atoms with Crippen LogP contribution in [0.4, 0.5) is 0 Å². The van der Waals surface area contributed by atoms with Crippen molar-refractivity contribution in [2.24, 2.45) is 5.10 Å². The molecule has 1 N–H and O–H groups in total. The highest BCUT2D eigenvalue weighted by atomic mass is 32.2. The van der Waals surface area contributed by atoms with Gasteiger partial charge >= 0.3 is 0 Å². The van der Waals surface area contributed by atoms with Gasteiger partial charge in [-0.05, 0) is 42.0 Å². The smallest absolute Gasteiger partial charge is 0.277 e. The van der Waals surface area contributed by atoms with Gasteiger partial charge in [-0.15, -0.1) is 0 Å². The van der Waals surface area contributed by atoms with Crippen molar-refractivity contribution in [1.82, 2.24) is 5.43 Å². The molecule has 0 saturated carbocycles. The molecule has 1 amide bonds. The number of nitrogens with zero attached hydrogens (tertiary/aromatic N) is 1. The number of amides is 1. The Morgan fingerprint density at radius 1 is 1.12 bits per heavy atom. The molecule has 0 bridgehead atoms. The number of nitrogens with one attached hydrogen (secondary N) is 1. The molecule has 3 rings (SSSR count). The molecule has 124 valence electrons. The molecule has 6 heteroatoms. The zero-order valence-electron chi connectivity index (χ0n) is 13.1. The molecule has 0 aliphatic carbocycles. The van der Waals surface area contributed by atoms with E-state index in [0.717, 1.165) is 22.8 Å². The second kappa shape index (κ2) is 8.40. The molecule has 1 saturated heterocycles. The van der Waals surface area contributed by atoms with E-state index in [9.17, 15) is 4.79 Å². The number of hydrazone groups is 1. The Morgan fingerprint density at radius 3 is 2.54 bits per heavy atom. The first-order valence-electron chi connectivity index (χ1n) is 7.64. The highest BCUT2D eigenvalue weighted by Gasteiger charge is 2.19. The second-order valence-electron chi connectivity index (χ2n) is 5.24. The summed E-state index contributed by atoms with van der Waals surface area (Å²) in [6, 6.07) is 16.8. The zero-order chi connectivity index (χ0) is 16.6. The molecule has 2 aromatic carbocycles. The number of hydrogen-bond acceptors (Lipinski definition) is 5. The fourth-order valence-corrected chi connectivity index (χ4v) is 2.55. The summed E-state index contributed by atoms with van der Waals surface area (Å²) >= 11 is 1.89. The molecular weight excluding hydrogens is 324 g/mol. The summed E-state index contributed by atoms with van der Waals surface area (Å²) in [7, 11) is 0. The van der Waals surface area contributed by atoms with Gasteiger partial charge in [0, 0.05) is 11.5 Å². The maximum Gasteiger partial charge on any atom is 0.277 e. The van der Waals surface area contributed by atoms with Crippen LogP contribution in [-0.4, -0.2) is 36.3 Å². The fraction of sp³-hybridized carbons (Fsp3) is 0.222. The van der Waals surface area contributed by atoms with Crippen LogP contribution < -0.4 is 14.9 Å². The molecular formula is C18H18N2O3S. The number of carbonyl (C=O) groups is 1. The SMILES string of the molecule is O=C(COc1ccccc1)N/N=C\c1ccc(OC2CSC2)cc1.